The Bertz CT molecular complexity index is 1170. The topological polar surface area (TPSA) is 128 Å². The molecule has 1 saturated heterocycles. The van der Waals surface area contributed by atoms with Gasteiger partial charge in [-0.25, -0.2) is 8.78 Å². The summed E-state index contributed by atoms with van der Waals surface area (Å²) in [6.45, 7) is 0.392. The first kappa shape index (κ1) is 26.9. The number of halogens is 2. The highest BCUT2D eigenvalue weighted by Crippen LogP contribution is 2.50. The maximum absolute atomic E-state index is 13.9. The Balaban J connectivity index is 1.41. The average Bonchev–Trinajstić information content (AvgIpc) is 3.51. The third kappa shape index (κ3) is 6.04. The molecule has 0 aromatic heterocycles. The number of hydrogen-bond donors (Lipinski definition) is 4. The lowest BCUT2D eigenvalue weighted by atomic mass is 9.93. The van der Waals surface area contributed by atoms with Gasteiger partial charge in [0.25, 0.3) is 0 Å². The fourth-order valence-electron chi connectivity index (χ4n) is 4.73. The first-order valence-electron chi connectivity index (χ1n) is 12.1. The van der Waals surface area contributed by atoms with Crippen LogP contribution in [0.3, 0.4) is 0 Å². The van der Waals surface area contributed by atoms with Crippen LogP contribution in [0.5, 0.6) is 5.75 Å². The monoisotopic (exact) mass is 532 g/mol. The number of nitrogens with two attached hydrogens (primary N) is 2. The highest BCUT2D eigenvalue weighted by molar-refractivity contribution is 7.80. The summed E-state index contributed by atoms with van der Waals surface area (Å²) in [6.07, 6.45) is 2.35. The zero-order valence-electron chi connectivity index (χ0n) is 20.2. The molecule has 2 aliphatic rings. The van der Waals surface area contributed by atoms with E-state index in [0.717, 1.165) is 11.6 Å². The van der Waals surface area contributed by atoms with Crippen molar-refractivity contribution in [1.29, 1.82) is 0 Å². The van der Waals surface area contributed by atoms with E-state index in [9.17, 15) is 23.2 Å². The van der Waals surface area contributed by atoms with Crippen molar-refractivity contribution in [2.45, 2.75) is 61.6 Å². The second-order valence-electron chi connectivity index (χ2n) is 9.56. The first-order chi connectivity index (χ1) is 17.6. The molecule has 1 saturated carbocycles. The van der Waals surface area contributed by atoms with E-state index in [1.807, 2.05) is 0 Å². The van der Waals surface area contributed by atoms with E-state index in [4.69, 9.17) is 16.2 Å². The minimum atomic E-state index is -0.780. The van der Waals surface area contributed by atoms with Gasteiger partial charge in [-0.1, -0.05) is 12.1 Å². The van der Waals surface area contributed by atoms with Gasteiger partial charge in [0.1, 0.15) is 30.0 Å². The number of amides is 3. The van der Waals surface area contributed by atoms with Crippen LogP contribution < -0.4 is 21.5 Å². The Morgan fingerprint density at radius 1 is 1.16 bits per heavy atom. The molecule has 37 heavy (non-hydrogen) atoms. The van der Waals surface area contributed by atoms with Crippen LogP contribution in [-0.2, 0) is 26.4 Å². The predicted octanol–water partition coefficient (Wildman–Crippen LogP) is 2.14. The normalized spacial score (nSPS) is 19.7. The van der Waals surface area contributed by atoms with Gasteiger partial charge in [0.15, 0.2) is 0 Å². The summed E-state index contributed by atoms with van der Waals surface area (Å²) >= 11 is 4.14. The van der Waals surface area contributed by atoms with Crippen LogP contribution in [-0.4, -0.2) is 46.6 Å². The minimum Gasteiger partial charge on any atom is -0.489 e. The molecular formula is C26H30F2N4O4S. The van der Waals surface area contributed by atoms with Gasteiger partial charge >= 0.3 is 0 Å². The first-order valence-corrected chi connectivity index (χ1v) is 12.6. The van der Waals surface area contributed by atoms with Gasteiger partial charge in [0, 0.05) is 24.6 Å². The lowest BCUT2D eigenvalue weighted by molar-refractivity contribution is -0.140. The van der Waals surface area contributed by atoms with Crippen LogP contribution in [0.1, 0.15) is 43.2 Å². The standard InChI is InChI=1S/C26H30F2N4O4S/c27-17-6-3-15(19(28)12-17)14-36-18-7-4-16(5-8-18)26(9-10-26)25(35)32-11-1-2-21(32)24(34)31-20(23(30)37)13-22(29)33/h3-8,12,20-21,23,37H,1-2,9-11,13-14,30H2,(H2,29,33)(H,31,34)/t20-,21-,23-/m0/s1. The lowest BCUT2D eigenvalue weighted by Gasteiger charge is -2.30. The number of benzene rings is 2. The van der Waals surface area contributed by atoms with Crippen molar-refractivity contribution in [3.8, 4) is 5.75 Å². The average molecular weight is 533 g/mol. The minimum absolute atomic E-state index is 0.0627. The number of carbonyl (C=O) groups is 3. The summed E-state index contributed by atoms with van der Waals surface area (Å²) in [6, 6.07) is 8.92. The van der Waals surface area contributed by atoms with Gasteiger partial charge in [-0.2, -0.15) is 12.6 Å². The second kappa shape index (κ2) is 11.1. The van der Waals surface area contributed by atoms with E-state index >= 15 is 0 Å². The second-order valence-corrected chi connectivity index (χ2v) is 10.2. The van der Waals surface area contributed by atoms with Gasteiger partial charge < -0.3 is 26.4 Å². The summed E-state index contributed by atoms with van der Waals surface area (Å²) in [5, 5.41) is 1.95. The molecule has 0 bridgehead atoms. The van der Waals surface area contributed by atoms with Gasteiger partial charge in [-0.05, 0) is 55.5 Å². The van der Waals surface area contributed by atoms with E-state index < -0.39 is 40.4 Å². The molecule has 1 aliphatic carbocycles. The van der Waals surface area contributed by atoms with Crippen molar-refractivity contribution in [1.82, 2.24) is 10.2 Å². The van der Waals surface area contributed by atoms with Crippen molar-refractivity contribution >= 4 is 30.4 Å². The summed E-state index contributed by atoms with van der Waals surface area (Å²) in [5.74, 6) is -1.96. The molecule has 2 fully saturated rings. The predicted molar refractivity (Wildman–Crippen MR) is 135 cm³/mol. The molecule has 11 heteroatoms. The number of carbonyl (C=O) groups excluding carboxylic acids is 3. The number of thiol groups is 1. The van der Waals surface area contributed by atoms with E-state index in [1.165, 1.54) is 12.1 Å². The molecule has 0 unspecified atom stereocenters. The Labute approximate surface area is 219 Å². The highest BCUT2D eigenvalue weighted by Gasteiger charge is 2.55. The number of ether oxygens (including phenoxy) is 1. The molecule has 2 aromatic rings. The maximum Gasteiger partial charge on any atom is 0.243 e. The van der Waals surface area contributed by atoms with E-state index in [1.54, 1.807) is 29.2 Å². The third-order valence-corrected chi connectivity index (χ3v) is 7.31. The molecule has 8 nitrogen and oxygen atoms in total. The van der Waals surface area contributed by atoms with Gasteiger partial charge in [-0.3, -0.25) is 14.4 Å². The van der Waals surface area contributed by atoms with Crippen molar-refractivity contribution in [2.75, 3.05) is 6.54 Å². The van der Waals surface area contributed by atoms with Crippen LogP contribution >= 0.6 is 12.6 Å². The Morgan fingerprint density at radius 2 is 1.86 bits per heavy atom. The summed E-state index contributed by atoms with van der Waals surface area (Å²) in [7, 11) is 0. The summed E-state index contributed by atoms with van der Waals surface area (Å²) in [5.41, 5.74) is 11.4. The number of nitrogens with one attached hydrogen (secondary N) is 1. The van der Waals surface area contributed by atoms with Gasteiger partial charge in [-0.15, -0.1) is 0 Å². The van der Waals surface area contributed by atoms with Gasteiger partial charge in [0.2, 0.25) is 17.7 Å². The fraction of sp³-hybridized carbons (Fsp3) is 0.423. The quantitative estimate of drug-likeness (QED) is 0.275. The summed E-state index contributed by atoms with van der Waals surface area (Å²) in [4.78, 5) is 39.6. The van der Waals surface area contributed by atoms with E-state index in [2.05, 4.69) is 17.9 Å². The van der Waals surface area contributed by atoms with Crippen LogP contribution in [0.15, 0.2) is 42.5 Å². The Hall–Kier alpha value is -3.18. The largest absolute Gasteiger partial charge is 0.489 e. The van der Waals surface area contributed by atoms with E-state index in [-0.39, 0.29) is 30.4 Å². The van der Waals surface area contributed by atoms with Crippen molar-refractivity contribution in [3.05, 3.63) is 65.2 Å². The van der Waals surface area contributed by atoms with Gasteiger partial charge in [0.05, 0.1) is 16.8 Å². The molecule has 1 aliphatic heterocycles. The number of likely N-dealkylation sites (tertiary alicyclic amines) is 1. The molecule has 0 spiro atoms. The lowest BCUT2D eigenvalue weighted by Crippen LogP contribution is -2.54. The summed E-state index contributed by atoms with van der Waals surface area (Å²) < 4.78 is 32.6. The zero-order valence-corrected chi connectivity index (χ0v) is 21.1. The number of rotatable bonds is 10. The number of primary amides is 1. The molecule has 0 radical (unpaired) electrons. The molecule has 4 rings (SSSR count). The maximum atomic E-state index is 13.9. The highest BCUT2D eigenvalue weighted by atomic mass is 32.1. The Kier molecular flexibility index (Phi) is 8.03. The fourth-order valence-corrected chi connectivity index (χ4v) is 4.91. The molecule has 2 aromatic carbocycles. The van der Waals surface area contributed by atoms with Crippen LogP contribution in [0, 0.1) is 11.6 Å². The molecule has 3 amide bonds. The van der Waals surface area contributed by atoms with Crippen molar-refractivity contribution in [3.63, 3.8) is 0 Å². The molecule has 1 heterocycles. The SMILES string of the molecule is NC(=O)C[C@H](NC(=O)[C@@H]1CCCN1C(=O)C1(c2ccc(OCc3ccc(F)cc3F)cc2)CC1)[C@@H](N)S. The third-order valence-electron chi connectivity index (χ3n) is 6.95. The molecule has 3 atom stereocenters. The van der Waals surface area contributed by atoms with E-state index in [0.29, 0.717) is 38.0 Å². The smallest absolute Gasteiger partial charge is 0.243 e. The van der Waals surface area contributed by atoms with Crippen molar-refractivity contribution in [2.24, 2.45) is 11.5 Å². The molecular weight excluding hydrogens is 502 g/mol. The Morgan fingerprint density at radius 3 is 2.46 bits per heavy atom. The van der Waals surface area contributed by atoms with Crippen LogP contribution in [0.25, 0.3) is 0 Å². The number of hydrogen-bond acceptors (Lipinski definition) is 6. The van der Waals surface area contributed by atoms with Crippen LogP contribution in [0.4, 0.5) is 8.78 Å². The van der Waals surface area contributed by atoms with Crippen LogP contribution in [0.2, 0.25) is 0 Å². The zero-order chi connectivity index (χ0) is 26.7. The van der Waals surface area contributed by atoms with Crippen molar-refractivity contribution < 1.29 is 27.9 Å². The molecule has 5 N–H and O–H groups in total. The molecule has 198 valence electrons. The number of nitrogens with zero attached hydrogens (tertiary/aromatic N) is 1.